The molecule has 1 saturated carbocycles. The first-order chi connectivity index (χ1) is 11.9. The summed E-state index contributed by atoms with van der Waals surface area (Å²) in [5, 5.41) is 0. The van der Waals surface area contributed by atoms with Crippen molar-refractivity contribution in [1.82, 2.24) is 0 Å². The monoisotopic (exact) mass is 336 g/mol. The molecule has 0 saturated heterocycles. The Morgan fingerprint density at radius 1 is 0.667 bits per heavy atom. The van der Waals surface area contributed by atoms with E-state index in [4.69, 9.17) is 4.74 Å². The lowest BCUT2D eigenvalue weighted by Crippen LogP contribution is -2.12. The molecule has 1 aliphatic carbocycles. The van der Waals surface area contributed by atoms with E-state index >= 15 is 0 Å². The molecule has 1 unspecified atom stereocenters. The molecule has 1 rings (SSSR count). The molecule has 1 nitrogen and oxygen atoms in total. The predicted molar refractivity (Wildman–Crippen MR) is 107 cm³/mol. The third-order valence-electron chi connectivity index (χ3n) is 5.38. The summed E-state index contributed by atoms with van der Waals surface area (Å²) in [7, 11) is 0. The predicted octanol–water partition coefficient (Wildman–Crippen LogP) is 7.84. The third kappa shape index (κ3) is 14.3. The van der Waals surface area contributed by atoms with Crippen molar-refractivity contribution in [1.29, 1.82) is 0 Å². The van der Waals surface area contributed by atoms with Crippen molar-refractivity contribution in [3.63, 3.8) is 0 Å². The van der Waals surface area contributed by atoms with E-state index in [2.05, 4.69) is 13.3 Å². The molecule has 0 aliphatic heterocycles. The topological polar surface area (TPSA) is 9.23 Å². The fraction of sp³-hybridized carbons (Fsp3) is 0.913. The highest BCUT2D eigenvalue weighted by Gasteiger charge is 2.11. The van der Waals surface area contributed by atoms with Gasteiger partial charge in [-0.1, -0.05) is 103 Å². The van der Waals surface area contributed by atoms with Gasteiger partial charge in [0.1, 0.15) is 0 Å². The quantitative estimate of drug-likeness (QED) is 0.206. The van der Waals surface area contributed by atoms with Crippen LogP contribution in [0.4, 0.5) is 0 Å². The van der Waals surface area contributed by atoms with Crippen LogP contribution < -0.4 is 0 Å². The van der Waals surface area contributed by atoms with Gasteiger partial charge in [0, 0.05) is 6.61 Å². The molecule has 1 atom stereocenters. The summed E-state index contributed by atoms with van der Waals surface area (Å²) in [5.74, 6) is 0. The van der Waals surface area contributed by atoms with Gasteiger partial charge >= 0.3 is 0 Å². The van der Waals surface area contributed by atoms with Crippen LogP contribution in [0.1, 0.15) is 122 Å². The Kier molecular flexibility index (Phi) is 16.3. The lowest BCUT2D eigenvalue weighted by atomic mass is 10.0. The van der Waals surface area contributed by atoms with Crippen molar-refractivity contribution in [3.05, 3.63) is 13.3 Å². The summed E-state index contributed by atoms with van der Waals surface area (Å²) >= 11 is 0. The number of hydrogen-bond donors (Lipinski definition) is 0. The zero-order chi connectivity index (χ0) is 17.1. The minimum Gasteiger partial charge on any atom is -0.378 e. The SMILES string of the molecule is [CH2]CCCCCCCCCCCCCCCOC1CC[CH]CCC1. The Morgan fingerprint density at radius 2 is 1.21 bits per heavy atom. The second-order valence-electron chi connectivity index (χ2n) is 7.74. The molecular formula is C23H44O. The highest BCUT2D eigenvalue weighted by Crippen LogP contribution is 2.19. The maximum atomic E-state index is 6.05. The molecular weight excluding hydrogens is 292 g/mol. The average molecular weight is 337 g/mol. The molecule has 142 valence electrons. The van der Waals surface area contributed by atoms with E-state index < -0.39 is 0 Å². The molecule has 24 heavy (non-hydrogen) atoms. The van der Waals surface area contributed by atoms with E-state index in [-0.39, 0.29) is 0 Å². The van der Waals surface area contributed by atoms with Gasteiger partial charge in [-0.3, -0.25) is 0 Å². The van der Waals surface area contributed by atoms with E-state index in [1.54, 1.807) is 0 Å². The lowest BCUT2D eigenvalue weighted by molar-refractivity contribution is 0.0411. The van der Waals surface area contributed by atoms with E-state index in [9.17, 15) is 0 Å². The molecule has 0 aromatic carbocycles. The van der Waals surface area contributed by atoms with E-state index in [1.165, 1.54) is 116 Å². The van der Waals surface area contributed by atoms with Crippen molar-refractivity contribution in [2.75, 3.05) is 6.61 Å². The Labute approximate surface area is 153 Å². The van der Waals surface area contributed by atoms with Crippen LogP contribution in [0.25, 0.3) is 0 Å². The van der Waals surface area contributed by atoms with Crippen LogP contribution in [0.3, 0.4) is 0 Å². The van der Waals surface area contributed by atoms with Crippen LogP contribution in [0.5, 0.6) is 0 Å². The normalized spacial score (nSPS) is 16.4. The lowest BCUT2D eigenvalue weighted by Gasteiger charge is -2.15. The van der Waals surface area contributed by atoms with Gasteiger partial charge in [-0.05, 0) is 32.1 Å². The van der Waals surface area contributed by atoms with E-state index in [0.717, 1.165) is 13.0 Å². The van der Waals surface area contributed by atoms with Crippen molar-refractivity contribution in [2.24, 2.45) is 0 Å². The molecule has 0 aromatic heterocycles. The molecule has 2 radical (unpaired) electrons. The zero-order valence-electron chi connectivity index (χ0n) is 16.4. The van der Waals surface area contributed by atoms with Crippen molar-refractivity contribution in [2.45, 2.75) is 128 Å². The molecule has 0 spiro atoms. The van der Waals surface area contributed by atoms with Crippen molar-refractivity contribution >= 4 is 0 Å². The molecule has 0 heterocycles. The Morgan fingerprint density at radius 3 is 1.79 bits per heavy atom. The van der Waals surface area contributed by atoms with Crippen LogP contribution in [-0.4, -0.2) is 12.7 Å². The second-order valence-corrected chi connectivity index (χ2v) is 7.74. The summed E-state index contributed by atoms with van der Waals surface area (Å²) in [5.41, 5.74) is 0. The first-order valence-corrected chi connectivity index (χ1v) is 11.2. The van der Waals surface area contributed by atoms with Gasteiger partial charge in [0.2, 0.25) is 0 Å². The van der Waals surface area contributed by atoms with Crippen LogP contribution in [0.2, 0.25) is 0 Å². The van der Waals surface area contributed by atoms with Crippen molar-refractivity contribution in [3.8, 4) is 0 Å². The van der Waals surface area contributed by atoms with Gasteiger partial charge < -0.3 is 4.74 Å². The maximum Gasteiger partial charge on any atom is 0.0575 e. The van der Waals surface area contributed by atoms with Crippen LogP contribution >= 0.6 is 0 Å². The number of unbranched alkanes of at least 4 members (excludes halogenated alkanes) is 13. The second kappa shape index (κ2) is 17.8. The van der Waals surface area contributed by atoms with E-state index in [1.807, 2.05) is 0 Å². The molecule has 0 amide bonds. The first-order valence-electron chi connectivity index (χ1n) is 11.2. The molecule has 1 heteroatoms. The fourth-order valence-corrected chi connectivity index (χ4v) is 3.72. The molecule has 0 bridgehead atoms. The number of rotatable bonds is 16. The fourth-order valence-electron chi connectivity index (χ4n) is 3.72. The summed E-state index contributed by atoms with van der Waals surface area (Å²) in [4.78, 5) is 0. The smallest absolute Gasteiger partial charge is 0.0575 e. The van der Waals surface area contributed by atoms with Gasteiger partial charge in [-0.15, -0.1) is 0 Å². The Hall–Kier alpha value is -0.0400. The average Bonchev–Trinajstić information content (AvgIpc) is 2.87. The van der Waals surface area contributed by atoms with Crippen LogP contribution in [-0.2, 0) is 4.74 Å². The summed E-state index contributed by atoms with van der Waals surface area (Å²) < 4.78 is 6.05. The highest BCUT2D eigenvalue weighted by molar-refractivity contribution is 4.74. The Balaban J connectivity index is 1.70. The molecule has 1 aliphatic rings. The maximum absolute atomic E-state index is 6.05. The van der Waals surface area contributed by atoms with Gasteiger partial charge in [-0.2, -0.15) is 0 Å². The van der Waals surface area contributed by atoms with E-state index in [0.29, 0.717) is 6.10 Å². The van der Waals surface area contributed by atoms with Crippen LogP contribution in [0.15, 0.2) is 0 Å². The van der Waals surface area contributed by atoms with Crippen LogP contribution in [0, 0.1) is 13.3 Å². The zero-order valence-corrected chi connectivity index (χ0v) is 16.4. The minimum atomic E-state index is 0.558. The summed E-state index contributed by atoms with van der Waals surface area (Å²) in [6.07, 6.45) is 28.9. The molecule has 0 aromatic rings. The first kappa shape index (κ1) is 22.0. The van der Waals surface area contributed by atoms with Gasteiger partial charge in [-0.25, -0.2) is 0 Å². The van der Waals surface area contributed by atoms with Gasteiger partial charge in [0.25, 0.3) is 0 Å². The minimum absolute atomic E-state index is 0.558. The largest absolute Gasteiger partial charge is 0.378 e. The molecule has 0 N–H and O–H groups in total. The Bertz CT molecular complexity index is 230. The number of ether oxygens (including phenoxy) is 1. The summed E-state index contributed by atoms with van der Waals surface area (Å²) in [6, 6.07) is 0. The summed E-state index contributed by atoms with van der Waals surface area (Å²) in [6.45, 7) is 4.90. The highest BCUT2D eigenvalue weighted by atomic mass is 16.5. The third-order valence-corrected chi connectivity index (χ3v) is 5.38. The molecule has 1 fully saturated rings. The van der Waals surface area contributed by atoms with Crippen molar-refractivity contribution < 1.29 is 4.74 Å². The number of hydrogen-bond acceptors (Lipinski definition) is 1. The standard InChI is InChI=1S/C23H44O/c1-2-3-4-5-6-7-8-9-10-11-12-13-16-19-22-24-23-20-17-14-15-18-21-23/h14,23H,1-13,15-22H2. The van der Waals surface area contributed by atoms with Gasteiger partial charge in [0.15, 0.2) is 0 Å². The van der Waals surface area contributed by atoms with Gasteiger partial charge in [0.05, 0.1) is 6.10 Å².